The summed E-state index contributed by atoms with van der Waals surface area (Å²) in [4.78, 5) is 14.1. The van der Waals surface area contributed by atoms with Gasteiger partial charge in [-0.1, -0.05) is 127 Å². The molecule has 0 unspecified atom stereocenters. The summed E-state index contributed by atoms with van der Waals surface area (Å²) in [6.07, 6.45) is 15.7. The molecule has 0 saturated carbocycles. The van der Waals surface area contributed by atoms with Gasteiger partial charge in [-0.25, -0.2) is 0 Å². The van der Waals surface area contributed by atoms with E-state index >= 15 is 0 Å². The standard InChI is InChI=1S/C69H60N6.Ir/c1-46-36-48(3)66(49(4)37-46)73-34-32-70-68(73)58-27-22-52(23-28-58)16-19-55-40-56(20-17-53-24-29-59(30-25-53)69-71-33-35-74(69)67-50(5)38-47(2)39-51(67)6)42-57(41-55)21-18-54-26-31-64-63(43-54)61-14-10-11-15-62(61)65-44-72(45-75(64)65)60-12-8-7-9-13-60;/h7-15,22-27,29,32-45H,16-21H2,1-6H3;/q-4;. The Morgan fingerprint density at radius 1 is 0.447 bits per heavy atom. The molecule has 379 valence electrons. The molecular weight excluding hydrogens is 1110 g/mol. The van der Waals surface area contributed by atoms with E-state index in [1.807, 2.05) is 12.4 Å². The fourth-order valence-electron chi connectivity index (χ4n) is 11.7. The minimum atomic E-state index is 0. The van der Waals surface area contributed by atoms with Gasteiger partial charge in [-0.3, -0.25) is 9.97 Å². The summed E-state index contributed by atoms with van der Waals surface area (Å²) >= 11 is 0. The number of imidazole rings is 2. The molecule has 0 atom stereocenters. The van der Waals surface area contributed by atoms with Gasteiger partial charge in [0.15, 0.2) is 0 Å². The molecule has 7 heteroatoms. The second-order valence-corrected chi connectivity index (χ2v) is 20.7. The summed E-state index contributed by atoms with van der Waals surface area (Å²) in [6.45, 7) is 15.2. The van der Waals surface area contributed by atoms with Gasteiger partial charge in [0.05, 0.1) is 11.6 Å². The summed E-state index contributed by atoms with van der Waals surface area (Å²) in [5.74, 6) is 1.82. The number of anilines is 2. The van der Waals surface area contributed by atoms with E-state index in [1.165, 1.54) is 101 Å². The maximum Gasteiger partial charge on any atom is 0.0602 e. The van der Waals surface area contributed by atoms with Gasteiger partial charge in [0.25, 0.3) is 0 Å². The van der Waals surface area contributed by atoms with Crippen molar-refractivity contribution in [2.24, 2.45) is 0 Å². The van der Waals surface area contributed by atoms with Gasteiger partial charge in [-0.05, 0) is 124 Å². The molecule has 0 fully saturated rings. The van der Waals surface area contributed by atoms with Crippen molar-refractivity contribution >= 4 is 17.1 Å². The number of hydrogen-bond donors (Lipinski definition) is 0. The molecule has 76 heavy (non-hydrogen) atoms. The first-order chi connectivity index (χ1) is 36.6. The zero-order valence-corrected chi connectivity index (χ0v) is 46.5. The Bertz CT molecular complexity index is 3560. The SMILES string of the molecule is Cc1cc(C)c(-n2ccnc2-c2[c-]cc(CCc3cc(CCc4c[c-]c(-c5nccn5-c5c(C)cc(C)cc5C)cc4)cc(CCc4c[c-]c5c(c4)-c4ccccc4C4=CN(c6ccccc6)[CH-]N45)c3)cc2)c(C)c1.[Ir]. The summed E-state index contributed by atoms with van der Waals surface area (Å²) < 4.78 is 4.41. The average molecular weight is 1170 g/mol. The largest absolute Gasteiger partial charge is 0.493 e. The molecule has 1 radical (unpaired) electrons. The first-order valence-corrected chi connectivity index (χ1v) is 26.3. The van der Waals surface area contributed by atoms with Crippen LogP contribution in [0.3, 0.4) is 0 Å². The van der Waals surface area contributed by atoms with Crippen molar-refractivity contribution in [3.8, 4) is 45.3 Å². The van der Waals surface area contributed by atoms with Gasteiger partial charge < -0.3 is 18.9 Å². The Balaban J connectivity index is 0.00000616. The molecule has 2 aliphatic rings. The number of benzene rings is 8. The molecule has 4 heterocycles. The van der Waals surface area contributed by atoms with Crippen LogP contribution < -0.4 is 9.80 Å². The number of fused-ring (bicyclic) bond motifs is 6. The topological polar surface area (TPSA) is 42.1 Å². The van der Waals surface area contributed by atoms with E-state index in [9.17, 15) is 0 Å². The van der Waals surface area contributed by atoms with Crippen LogP contribution >= 0.6 is 0 Å². The monoisotopic (exact) mass is 1170 g/mol. The number of para-hydroxylation sites is 1. The number of aromatic nitrogens is 4. The molecule has 0 saturated heterocycles. The zero-order valence-electron chi connectivity index (χ0n) is 44.1. The summed E-state index contributed by atoms with van der Waals surface area (Å²) in [5, 5.41) is 0. The second kappa shape index (κ2) is 21.4. The van der Waals surface area contributed by atoms with Crippen molar-refractivity contribution in [1.29, 1.82) is 0 Å². The third-order valence-electron chi connectivity index (χ3n) is 15.0. The van der Waals surface area contributed by atoms with Gasteiger partial charge in [-0.15, -0.1) is 83.0 Å². The Labute approximate surface area is 462 Å². The molecule has 0 bridgehead atoms. The van der Waals surface area contributed by atoms with Gasteiger partial charge >= 0.3 is 0 Å². The van der Waals surface area contributed by atoms with Crippen molar-refractivity contribution in [2.45, 2.75) is 80.1 Å². The van der Waals surface area contributed by atoms with Crippen LogP contribution in [-0.4, -0.2) is 19.1 Å². The van der Waals surface area contributed by atoms with Crippen LogP contribution in [0.2, 0.25) is 0 Å². The zero-order chi connectivity index (χ0) is 51.2. The number of rotatable bonds is 14. The average Bonchev–Trinajstić information content (AvgIpc) is 4.21. The minimum absolute atomic E-state index is 0. The van der Waals surface area contributed by atoms with E-state index < -0.39 is 0 Å². The first kappa shape index (κ1) is 50.3. The Kier molecular flexibility index (Phi) is 14.2. The van der Waals surface area contributed by atoms with Crippen LogP contribution in [0.15, 0.2) is 177 Å². The van der Waals surface area contributed by atoms with Gasteiger partial charge in [0.1, 0.15) is 0 Å². The third kappa shape index (κ3) is 10.1. The molecule has 0 N–H and O–H groups in total. The van der Waals surface area contributed by atoms with E-state index in [0.717, 1.165) is 72.7 Å². The quantitative estimate of drug-likeness (QED) is 0.102. The molecule has 0 spiro atoms. The van der Waals surface area contributed by atoms with E-state index in [0.29, 0.717) is 0 Å². The Morgan fingerprint density at radius 3 is 1.41 bits per heavy atom. The van der Waals surface area contributed by atoms with E-state index in [4.69, 9.17) is 9.97 Å². The van der Waals surface area contributed by atoms with Crippen LogP contribution in [0.25, 0.3) is 51.0 Å². The van der Waals surface area contributed by atoms with Crippen LogP contribution in [0.5, 0.6) is 0 Å². The smallest absolute Gasteiger partial charge is 0.0602 e. The van der Waals surface area contributed by atoms with Gasteiger partial charge in [-0.2, -0.15) is 23.8 Å². The molecule has 0 amide bonds. The van der Waals surface area contributed by atoms with Gasteiger partial charge in [0.2, 0.25) is 0 Å². The molecule has 0 aliphatic carbocycles. The van der Waals surface area contributed by atoms with E-state index in [2.05, 4.69) is 250 Å². The Hall–Kier alpha value is -7.83. The van der Waals surface area contributed by atoms with E-state index in [-0.39, 0.29) is 20.1 Å². The molecule has 8 aromatic carbocycles. The fraction of sp³-hybridized carbons (Fsp3) is 0.174. The summed E-state index contributed by atoms with van der Waals surface area (Å²) in [5.41, 5.74) is 26.9. The number of nitrogens with zero attached hydrogens (tertiary/aromatic N) is 6. The van der Waals surface area contributed by atoms with Crippen LogP contribution in [0.1, 0.15) is 72.3 Å². The summed E-state index contributed by atoms with van der Waals surface area (Å²) in [7, 11) is 0. The second-order valence-electron chi connectivity index (χ2n) is 20.7. The molecule has 2 aliphatic heterocycles. The van der Waals surface area contributed by atoms with Crippen molar-refractivity contribution in [1.82, 2.24) is 19.1 Å². The molecule has 12 rings (SSSR count). The van der Waals surface area contributed by atoms with Crippen molar-refractivity contribution in [3.05, 3.63) is 274 Å². The first-order valence-electron chi connectivity index (χ1n) is 26.3. The normalized spacial score (nSPS) is 12.5. The van der Waals surface area contributed by atoms with Crippen molar-refractivity contribution < 1.29 is 20.1 Å². The predicted octanol–water partition coefficient (Wildman–Crippen LogP) is 15.4. The molecule has 2 aromatic heterocycles. The van der Waals surface area contributed by atoms with Crippen molar-refractivity contribution in [3.63, 3.8) is 0 Å². The fourth-order valence-corrected chi connectivity index (χ4v) is 11.7. The van der Waals surface area contributed by atoms with Crippen molar-refractivity contribution in [2.75, 3.05) is 9.80 Å². The van der Waals surface area contributed by atoms with Crippen LogP contribution in [0.4, 0.5) is 11.4 Å². The van der Waals surface area contributed by atoms with E-state index in [1.54, 1.807) is 0 Å². The third-order valence-corrected chi connectivity index (χ3v) is 15.0. The molecule has 6 nitrogen and oxygen atoms in total. The Morgan fingerprint density at radius 2 is 0.908 bits per heavy atom. The maximum absolute atomic E-state index is 4.80. The minimum Gasteiger partial charge on any atom is -0.493 e. The van der Waals surface area contributed by atoms with Crippen LogP contribution in [0, 0.1) is 66.4 Å². The molecule has 10 aromatic rings. The number of hydrogen-bond acceptors (Lipinski definition) is 4. The maximum atomic E-state index is 4.80. The van der Waals surface area contributed by atoms with Crippen LogP contribution in [-0.2, 0) is 58.6 Å². The number of aryl methyl sites for hydroxylation is 12. The summed E-state index contributed by atoms with van der Waals surface area (Å²) in [6, 6.07) is 64.4. The predicted molar refractivity (Wildman–Crippen MR) is 307 cm³/mol. The van der Waals surface area contributed by atoms with Gasteiger partial charge in [0, 0.05) is 67.7 Å². The molecular formula is C69H60IrN6-4.